The fourth-order valence-corrected chi connectivity index (χ4v) is 1.95. The van der Waals surface area contributed by atoms with E-state index in [1.807, 2.05) is 46.7 Å². The summed E-state index contributed by atoms with van der Waals surface area (Å²) in [5.41, 5.74) is 5.89. The van der Waals surface area contributed by atoms with Crippen LogP contribution in [0.4, 0.5) is 0 Å². The highest BCUT2D eigenvalue weighted by molar-refractivity contribution is 5.93. The van der Waals surface area contributed by atoms with Gasteiger partial charge in [-0.25, -0.2) is 0 Å². The number of nitrogens with two attached hydrogens (primary N) is 1. The quantitative estimate of drug-likeness (QED) is 0.656. The van der Waals surface area contributed by atoms with Crippen LogP contribution >= 0.6 is 0 Å². The fourth-order valence-electron chi connectivity index (χ4n) is 1.95. The maximum absolute atomic E-state index is 11.1. The molecule has 0 saturated carbocycles. The van der Waals surface area contributed by atoms with Gasteiger partial charge < -0.3 is 5.73 Å². The first-order valence-corrected chi connectivity index (χ1v) is 5.08. The molecular formula is C12H11N3O. The van der Waals surface area contributed by atoms with Crippen molar-refractivity contribution in [2.75, 3.05) is 6.54 Å². The van der Waals surface area contributed by atoms with Gasteiger partial charge >= 0.3 is 0 Å². The van der Waals surface area contributed by atoms with E-state index in [9.17, 15) is 4.79 Å². The second-order valence-electron chi connectivity index (χ2n) is 3.88. The molecule has 0 spiro atoms. The number of hydrogen-bond acceptors (Lipinski definition) is 3. The van der Waals surface area contributed by atoms with Crippen LogP contribution in [0, 0.1) is 0 Å². The Morgan fingerprint density at radius 1 is 1.12 bits per heavy atom. The number of rotatable bonds is 1. The molecule has 0 aromatic heterocycles. The zero-order valence-electron chi connectivity index (χ0n) is 8.63. The molecule has 3 rings (SSSR count). The van der Waals surface area contributed by atoms with Crippen molar-refractivity contribution in [3.63, 3.8) is 0 Å². The summed E-state index contributed by atoms with van der Waals surface area (Å²) in [7, 11) is 0. The molecule has 2 aliphatic rings. The summed E-state index contributed by atoms with van der Waals surface area (Å²) in [5, 5.41) is 6.14. The van der Waals surface area contributed by atoms with Crippen LogP contribution in [0.2, 0.25) is 0 Å². The molecule has 2 heterocycles. The van der Waals surface area contributed by atoms with Crippen molar-refractivity contribution in [1.82, 2.24) is 10.0 Å². The highest BCUT2D eigenvalue weighted by Gasteiger charge is 2.22. The average Bonchev–Trinajstić information content (AvgIpc) is 2.68. The van der Waals surface area contributed by atoms with E-state index >= 15 is 0 Å². The minimum Gasteiger partial charge on any atom is -0.366 e. The van der Waals surface area contributed by atoms with Crippen LogP contribution in [-0.4, -0.2) is 22.5 Å². The molecule has 0 saturated heterocycles. The van der Waals surface area contributed by atoms with Crippen molar-refractivity contribution < 1.29 is 4.79 Å². The first-order chi connectivity index (χ1) is 7.74. The number of amides is 1. The van der Waals surface area contributed by atoms with E-state index in [0.29, 0.717) is 12.1 Å². The Labute approximate surface area is 92.5 Å². The van der Waals surface area contributed by atoms with Gasteiger partial charge in [-0.3, -0.25) is 14.8 Å². The summed E-state index contributed by atoms with van der Waals surface area (Å²) >= 11 is 0. The van der Waals surface area contributed by atoms with E-state index in [4.69, 9.17) is 5.73 Å². The summed E-state index contributed by atoms with van der Waals surface area (Å²) in [5.74, 6) is -0.361. The minimum absolute atomic E-state index is 0.361. The van der Waals surface area contributed by atoms with Crippen LogP contribution in [0.3, 0.4) is 0 Å². The molecule has 80 valence electrons. The number of hydrogen-bond donors (Lipinski definition) is 1. The molecule has 1 aromatic carbocycles. The van der Waals surface area contributed by atoms with Crippen molar-refractivity contribution in [2.45, 2.75) is 0 Å². The molecule has 4 heteroatoms. The second-order valence-corrected chi connectivity index (χ2v) is 3.88. The lowest BCUT2D eigenvalue weighted by Gasteiger charge is -2.26. The first kappa shape index (κ1) is 9.03. The van der Waals surface area contributed by atoms with Gasteiger partial charge in [0.25, 0.3) is 0 Å². The SMILES string of the molecule is NC(=O)C1=CN2C=c3ccccc3=CN2C1. The molecule has 1 amide bonds. The number of fused-ring (bicyclic) bond motifs is 2. The number of hydrazine groups is 1. The molecule has 4 nitrogen and oxygen atoms in total. The summed E-state index contributed by atoms with van der Waals surface area (Å²) in [6.07, 6.45) is 5.78. The van der Waals surface area contributed by atoms with Gasteiger partial charge in [0.2, 0.25) is 5.91 Å². The van der Waals surface area contributed by atoms with Crippen LogP contribution in [0.15, 0.2) is 36.0 Å². The van der Waals surface area contributed by atoms with Crippen LogP contribution < -0.4 is 16.2 Å². The smallest absolute Gasteiger partial charge is 0.248 e. The van der Waals surface area contributed by atoms with E-state index < -0.39 is 0 Å². The molecule has 0 atom stereocenters. The van der Waals surface area contributed by atoms with Crippen LogP contribution in [0.1, 0.15) is 0 Å². The lowest BCUT2D eigenvalue weighted by Crippen LogP contribution is -2.40. The monoisotopic (exact) mass is 213 g/mol. The van der Waals surface area contributed by atoms with Crippen molar-refractivity contribution in [3.8, 4) is 0 Å². The van der Waals surface area contributed by atoms with Crippen LogP contribution in [-0.2, 0) is 4.79 Å². The maximum Gasteiger partial charge on any atom is 0.248 e. The van der Waals surface area contributed by atoms with Crippen LogP contribution in [0.25, 0.3) is 12.4 Å². The lowest BCUT2D eigenvalue weighted by atomic mass is 10.2. The number of nitrogens with zero attached hydrogens (tertiary/aromatic N) is 2. The van der Waals surface area contributed by atoms with Gasteiger partial charge in [0.05, 0.1) is 12.1 Å². The Morgan fingerprint density at radius 3 is 2.50 bits per heavy atom. The molecule has 1 aromatic rings. The Hall–Kier alpha value is -2.23. The summed E-state index contributed by atoms with van der Waals surface area (Å²) in [6.45, 7) is 0.542. The number of primary amides is 1. The third kappa shape index (κ3) is 1.27. The summed E-state index contributed by atoms with van der Waals surface area (Å²) in [6, 6.07) is 8.08. The van der Waals surface area contributed by atoms with Crippen molar-refractivity contribution in [1.29, 1.82) is 0 Å². The van der Waals surface area contributed by atoms with E-state index in [1.165, 1.54) is 0 Å². The van der Waals surface area contributed by atoms with Gasteiger partial charge in [-0.15, -0.1) is 0 Å². The Kier molecular flexibility index (Phi) is 1.77. The van der Waals surface area contributed by atoms with Gasteiger partial charge in [-0.05, 0) is 0 Å². The van der Waals surface area contributed by atoms with E-state index in [0.717, 1.165) is 10.4 Å². The highest BCUT2D eigenvalue weighted by Crippen LogP contribution is 2.16. The molecule has 0 radical (unpaired) electrons. The average molecular weight is 213 g/mol. The zero-order valence-corrected chi connectivity index (χ0v) is 8.63. The topological polar surface area (TPSA) is 49.6 Å². The number of carbonyl (C=O) groups is 1. The molecule has 16 heavy (non-hydrogen) atoms. The molecular weight excluding hydrogens is 202 g/mol. The lowest BCUT2D eigenvalue weighted by molar-refractivity contribution is -0.114. The predicted octanol–water partition coefficient (Wildman–Crippen LogP) is -0.922. The van der Waals surface area contributed by atoms with Gasteiger partial charge in [-0.1, -0.05) is 24.3 Å². The molecule has 0 fully saturated rings. The van der Waals surface area contributed by atoms with E-state index in [2.05, 4.69) is 0 Å². The Balaban J connectivity index is 2.09. The fraction of sp³-hybridized carbons (Fsp3) is 0.0833. The third-order valence-electron chi connectivity index (χ3n) is 2.79. The van der Waals surface area contributed by atoms with Crippen molar-refractivity contribution >= 4 is 18.3 Å². The normalized spacial score (nSPS) is 16.9. The Bertz CT molecular complexity index is 603. The minimum atomic E-state index is -0.361. The molecule has 0 bridgehead atoms. The van der Waals surface area contributed by atoms with Crippen molar-refractivity contribution in [2.24, 2.45) is 5.73 Å². The Morgan fingerprint density at radius 2 is 1.81 bits per heavy atom. The van der Waals surface area contributed by atoms with Gasteiger partial charge in [0.1, 0.15) is 0 Å². The van der Waals surface area contributed by atoms with E-state index in [1.54, 1.807) is 6.20 Å². The van der Waals surface area contributed by atoms with Crippen molar-refractivity contribution in [3.05, 3.63) is 46.5 Å². The molecule has 2 aliphatic heterocycles. The van der Waals surface area contributed by atoms with Crippen LogP contribution in [0.5, 0.6) is 0 Å². The summed E-state index contributed by atoms with van der Waals surface area (Å²) in [4.78, 5) is 11.1. The second kappa shape index (κ2) is 3.13. The first-order valence-electron chi connectivity index (χ1n) is 5.08. The highest BCUT2D eigenvalue weighted by atomic mass is 16.1. The molecule has 0 aliphatic carbocycles. The summed E-state index contributed by atoms with van der Waals surface area (Å²) < 4.78 is 0. The number of benzene rings is 1. The predicted molar refractivity (Wildman–Crippen MR) is 60.4 cm³/mol. The molecule has 0 unspecified atom stereocenters. The van der Waals surface area contributed by atoms with Gasteiger partial charge in [-0.2, -0.15) is 0 Å². The number of carbonyl (C=O) groups excluding carboxylic acids is 1. The van der Waals surface area contributed by atoms with Gasteiger partial charge in [0.15, 0.2) is 0 Å². The molecule has 2 N–H and O–H groups in total. The zero-order chi connectivity index (χ0) is 11.1. The largest absolute Gasteiger partial charge is 0.366 e. The maximum atomic E-state index is 11.1. The standard InChI is InChI=1S/C12H11N3O/c13-12(16)11-7-14-5-9-3-1-2-4-10(9)6-15(14)8-11/h1-7H,8H2,(H2,13,16). The third-order valence-corrected chi connectivity index (χ3v) is 2.79. The van der Waals surface area contributed by atoms with Gasteiger partial charge in [0, 0.05) is 29.0 Å². The van der Waals surface area contributed by atoms with E-state index in [-0.39, 0.29) is 5.91 Å².